The maximum atomic E-state index is 13.2. The van der Waals surface area contributed by atoms with E-state index in [0.29, 0.717) is 23.6 Å². The fourth-order valence-corrected chi connectivity index (χ4v) is 2.13. The van der Waals surface area contributed by atoms with Gasteiger partial charge in [0.15, 0.2) is 0 Å². The van der Waals surface area contributed by atoms with E-state index in [9.17, 15) is 9.18 Å². The van der Waals surface area contributed by atoms with Crippen LogP contribution in [-0.2, 0) is 6.54 Å². The first-order valence-electron chi connectivity index (χ1n) is 6.76. The molecule has 1 amide bonds. The fraction of sp³-hybridized carbons (Fsp3) is 0.235. The number of rotatable bonds is 5. The maximum Gasteiger partial charge on any atom is 0.254 e. The van der Waals surface area contributed by atoms with Crippen LogP contribution in [0, 0.1) is 5.82 Å². The molecule has 0 aromatic heterocycles. The quantitative estimate of drug-likeness (QED) is 0.852. The van der Waals surface area contributed by atoms with Crippen molar-refractivity contribution in [3.63, 3.8) is 0 Å². The summed E-state index contributed by atoms with van der Waals surface area (Å²) in [5, 5.41) is 0. The number of hydrogen-bond acceptors (Lipinski definition) is 3. The van der Waals surface area contributed by atoms with Gasteiger partial charge >= 0.3 is 0 Å². The number of amides is 1. The Morgan fingerprint density at radius 3 is 2.27 bits per heavy atom. The number of carbonyl (C=O) groups is 1. The molecule has 5 heteroatoms. The van der Waals surface area contributed by atoms with E-state index < -0.39 is 0 Å². The smallest absolute Gasteiger partial charge is 0.254 e. The highest BCUT2D eigenvalue weighted by Gasteiger charge is 2.15. The summed E-state index contributed by atoms with van der Waals surface area (Å²) in [6, 6.07) is 11.2. The number of nitrogens with zero attached hydrogens (tertiary/aromatic N) is 1. The maximum absolute atomic E-state index is 13.2. The first-order chi connectivity index (χ1) is 10.5. The minimum Gasteiger partial charge on any atom is -0.497 e. The zero-order valence-electron chi connectivity index (χ0n) is 12.8. The number of methoxy groups -OCH3 is 2. The molecule has 0 aliphatic carbocycles. The lowest BCUT2D eigenvalue weighted by Gasteiger charge is -2.18. The standard InChI is InChI=1S/C17H18FNO3/c1-19(11-12-5-4-6-14(18)7-12)17(20)13-8-15(21-2)10-16(9-13)22-3/h4-10H,11H2,1-3H3. The molecule has 2 aromatic rings. The van der Waals surface area contributed by atoms with Gasteiger partial charge in [-0.1, -0.05) is 12.1 Å². The highest BCUT2D eigenvalue weighted by molar-refractivity contribution is 5.94. The van der Waals surface area contributed by atoms with Crippen LogP contribution in [0.1, 0.15) is 15.9 Å². The van der Waals surface area contributed by atoms with Gasteiger partial charge in [0, 0.05) is 25.2 Å². The largest absolute Gasteiger partial charge is 0.497 e. The average molecular weight is 303 g/mol. The Kier molecular flexibility index (Phi) is 4.99. The van der Waals surface area contributed by atoms with Gasteiger partial charge in [0.25, 0.3) is 5.91 Å². The third-order valence-electron chi connectivity index (χ3n) is 3.25. The van der Waals surface area contributed by atoms with Gasteiger partial charge in [-0.2, -0.15) is 0 Å². The number of hydrogen-bond donors (Lipinski definition) is 0. The lowest BCUT2D eigenvalue weighted by Crippen LogP contribution is -2.26. The van der Waals surface area contributed by atoms with Crippen molar-refractivity contribution in [1.82, 2.24) is 4.90 Å². The van der Waals surface area contributed by atoms with Crippen molar-refractivity contribution in [1.29, 1.82) is 0 Å². The normalized spacial score (nSPS) is 10.2. The van der Waals surface area contributed by atoms with E-state index in [-0.39, 0.29) is 11.7 Å². The van der Waals surface area contributed by atoms with Crippen molar-refractivity contribution in [2.24, 2.45) is 0 Å². The Hall–Kier alpha value is -2.56. The second-order valence-corrected chi connectivity index (χ2v) is 4.89. The highest BCUT2D eigenvalue weighted by atomic mass is 19.1. The molecular formula is C17H18FNO3. The average Bonchev–Trinajstić information content (AvgIpc) is 2.53. The Balaban J connectivity index is 2.19. The Labute approximate surface area is 129 Å². The molecule has 22 heavy (non-hydrogen) atoms. The molecule has 4 nitrogen and oxygen atoms in total. The van der Waals surface area contributed by atoms with Gasteiger partial charge in [-0.25, -0.2) is 4.39 Å². The summed E-state index contributed by atoms with van der Waals surface area (Å²) in [5.74, 6) is 0.576. The molecule has 0 saturated heterocycles. The summed E-state index contributed by atoms with van der Waals surface area (Å²) in [4.78, 5) is 14.0. The molecule has 0 heterocycles. The van der Waals surface area contributed by atoms with Gasteiger partial charge in [0.1, 0.15) is 17.3 Å². The molecule has 0 bridgehead atoms. The summed E-state index contributed by atoms with van der Waals surface area (Å²) in [5.41, 5.74) is 1.18. The Morgan fingerprint density at radius 1 is 1.09 bits per heavy atom. The predicted molar refractivity (Wildman–Crippen MR) is 81.7 cm³/mol. The van der Waals surface area contributed by atoms with Gasteiger partial charge in [-0.15, -0.1) is 0 Å². The predicted octanol–water partition coefficient (Wildman–Crippen LogP) is 3.12. The van der Waals surface area contributed by atoms with Crippen LogP contribution in [0.3, 0.4) is 0 Å². The Bertz CT molecular complexity index is 650. The second-order valence-electron chi connectivity index (χ2n) is 4.89. The molecular weight excluding hydrogens is 285 g/mol. The highest BCUT2D eigenvalue weighted by Crippen LogP contribution is 2.23. The van der Waals surface area contributed by atoms with Gasteiger partial charge in [-0.05, 0) is 29.8 Å². The summed E-state index contributed by atoms with van der Waals surface area (Å²) >= 11 is 0. The van der Waals surface area contributed by atoms with Crippen LogP contribution in [0.5, 0.6) is 11.5 Å². The molecule has 0 radical (unpaired) electrons. The third kappa shape index (κ3) is 3.75. The van der Waals surface area contributed by atoms with Crippen molar-refractivity contribution in [2.45, 2.75) is 6.54 Å². The summed E-state index contributed by atoms with van der Waals surface area (Å²) in [6.45, 7) is 0.316. The molecule has 0 aliphatic heterocycles. The molecule has 0 unspecified atom stereocenters. The number of halogens is 1. The van der Waals surface area contributed by atoms with Crippen molar-refractivity contribution in [2.75, 3.05) is 21.3 Å². The van der Waals surface area contributed by atoms with E-state index in [1.807, 2.05) is 0 Å². The zero-order valence-corrected chi connectivity index (χ0v) is 12.8. The topological polar surface area (TPSA) is 38.8 Å². The van der Waals surface area contributed by atoms with E-state index >= 15 is 0 Å². The summed E-state index contributed by atoms with van der Waals surface area (Å²) in [7, 11) is 4.72. The van der Waals surface area contributed by atoms with Crippen LogP contribution in [0.2, 0.25) is 0 Å². The molecule has 0 spiro atoms. The first kappa shape index (κ1) is 15.8. The fourth-order valence-electron chi connectivity index (χ4n) is 2.13. The van der Waals surface area contributed by atoms with Gasteiger partial charge in [0.2, 0.25) is 0 Å². The SMILES string of the molecule is COc1cc(OC)cc(C(=O)N(C)Cc2cccc(F)c2)c1. The van der Waals surface area contributed by atoms with Crippen LogP contribution in [0.15, 0.2) is 42.5 Å². The molecule has 2 rings (SSSR count). The lowest BCUT2D eigenvalue weighted by molar-refractivity contribution is 0.0784. The minimum absolute atomic E-state index is 0.193. The molecule has 116 valence electrons. The number of benzene rings is 2. The lowest BCUT2D eigenvalue weighted by atomic mass is 10.1. The van der Waals surface area contributed by atoms with Crippen LogP contribution >= 0.6 is 0 Å². The molecule has 2 aromatic carbocycles. The minimum atomic E-state index is -0.318. The van der Waals surface area contributed by atoms with Gasteiger partial charge < -0.3 is 14.4 Å². The second kappa shape index (κ2) is 6.93. The monoisotopic (exact) mass is 303 g/mol. The molecule has 0 saturated carbocycles. The van der Waals surface area contributed by atoms with Crippen molar-refractivity contribution in [3.05, 3.63) is 59.4 Å². The molecule has 0 N–H and O–H groups in total. The van der Waals surface area contributed by atoms with Crippen molar-refractivity contribution < 1.29 is 18.7 Å². The van der Waals surface area contributed by atoms with Crippen LogP contribution in [-0.4, -0.2) is 32.1 Å². The Morgan fingerprint density at radius 2 is 1.73 bits per heavy atom. The first-order valence-corrected chi connectivity index (χ1v) is 6.76. The van der Waals surface area contributed by atoms with Crippen LogP contribution in [0.25, 0.3) is 0 Å². The van der Waals surface area contributed by atoms with Crippen molar-refractivity contribution >= 4 is 5.91 Å². The molecule has 0 aliphatic rings. The zero-order chi connectivity index (χ0) is 16.1. The number of carbonyl (C=O) groups excluding carboxylic acids is 1. The molecule has 0 fully saturated rings. The van der Waals surface area contributed by atoms with E-state index in [1.54, 1.807) is 37.4 Å². The van der Waals surface area contributed by atoms with E-state index in [2.05, 4.69) is 0 Å². The van der Waals surface area contributed by atoms with E-state index in [4.69, 9.17) is 9.47 Å². The van der Waals surface area contributed by atoms with E-state index in [0.717, 1.165) is 5.56 Å². The van der Waals surface area contributed by atoms with Crippen molar-refractivity contribution in [3.8, 4) is 11.5 Å². The third-order valence-corrected chi connectivity index (χ3v) is 3.25. The van der Waals surface area contributed by atoms with E-state index in [1.165, 1.54) is 31.3 Å². The molecule has 0 atom stereocenters. The van der Waals surface area contributed by atoms with Crippen LogP contribution < -0.4 is 9.47 Å². The number of ether oxygens (including phenoxy) is 2. The van der Waals surface area contributed by atoms with Crippen LogP contribution in [0.4, 0.5) is 4.39 Å². The van der Waals surface area contributed by atoms with Gasteiger partial charge in [-0.3, -0.25) is 4.79 Å². The van der Waals surface area contributed by atoms with Gasteiger partial charge in [0.05, 0.1) is 14.2 Å². The summed E-state index contributed by atoms with van der Waals surface area (Å²) in [6.07, 6.45) is 0. The summed E-state index contributed by atoms with van der Waals surface area (Å²) < 4.78 is 23.5.